The molecule has 0 unspecified atom stereocenters. The van der Waals surface area contributed by atoms with Gasteiger partial charge >= 0.3 is 6.03 Å². The molecule has 1 fully saturated rings. The number of morpholine rings is 1. The lowest BCUT2D eigenvalue weighted by Gasteiger charge is -2.25. The zero-order valence-electron chi connectivity index (χ0n) is 11.0. The summed E-state index contributed by atoms with van der Waals surface area (Å²) in [5.74, 6) is 0. The molecule has 0 N–H and O–H groups in total. The van der Waals surface area contributed by atoms with Crippen molar-refractivity contribution in [1.29, 1.82) is 0 Å². The van der Waals surface area contributed by atoms with Crippen molar-refractivity contribution in [2.45, 2.75) is 45.4 Å². The molecule has 1 radical (unpaired) electrons. The summed E-state index contributed by atoms with van der Waals surface area (Å²) in [7, 11) is 0. The molecular weight excluding hydrogens is 216 g/mol. The summed E-state index contributed by atoms with van der Waals surface area (Å²) in [6.07, 6.45) is 7.42. The van der Waals surface area contributed by atoms with Crippen LogP contribution in [0.3, 0.4) is 0 Å². The summed E-state index contributed by atoms with van der Waals surface area (Å²) < 4.78 is 5.19. The quantitative estimate of drug-likeness (QED) is 0.642. The zero-order valence-corrected chi connectivity index (χ0v) is 11.0. The molecular formula is C13H25N2O2. The van der Waals surface area contributed by atoms with Gasteiger partial charge in [0, 0.05) is 19.6 Å². The molecule has 0 atom stereocenters. The topological polar surface area (TPSA) is 43.6 Å². The molecule has 4 nitrogen and oxygen atoms in total. The van der Waals surface area contributed by atoms with E-state index in [1.807, 2.05) is 0 Å². The fourth-order valence-electron chi connectivity index (χ4n) is 1.92. The van der Waals surface area contributed by atoms with Crippen LogP contribution >= 0.6 is 0 Å². The minimum atomic E-state index is -0.0538. The van der Waals surface area contributed by atoms with Gasteiger partial charge in [-0.15, -0.1) is 0 Å². The third-order valence-corrected chi connectivity index (χ3v) is 3.04. The van der Waals surface area contributed by atoms with Gasteiger partial charge in [-0.1, -0.05) is 39.0 Å². The Morgan fingerprint density at radius 1 is 1.12 bits per heavy atom. The second kappa shape index (κ2) is 9.28. The van der Waals surface area contributed by atoms with Crippen molar-refractivity contribution in [2.24, 2.45) is 0 Å². The van der Waals surface area contributed by atoms with Gasteiger partial charge in [-0.2, -0.15) is 0 Å². The first kappa shape index (κ1) is 14.3. The van der Waals surface area contributed by atoms with Crippen LogP contribution in [0.2, 0.25) is 0 Å². The van der Waals surface area contributed by atoms with Gasteiger partial charge in [0.25, 0.3) is 0 Å². The molecule has 0 aromatic carbocycles. The minimum Gasteiger partial charge on any atom is -0.378 e. The number of carbonyl (C=O) groups excluding carboxylic acids is 1. The van der Waals surface area contributed by atoms with E-state index in [1.54, 1.807) is 4.90 Å². The molecule has 1 saturated heterocycles. The Balaban J connectivity index is 1.92. The maximum absolute atomic E-state index is 11.6. The van der Waals surface area contributed by atoms with Gasteiger partial charge in [0.05, 0.1) is 13.2 Å². The SMILES string of the molecule is CCCCCCCC[N]C(=O)N1CCOCC1. The summed E-state index contributed by atoms with van der Waals surface area (Å²) >= 11 is 0. The van der Waals surface area contributed by atoms with Crippen molar-refractivity contribution in [1.82, 2.24) is 10.2 Å². The summed E-state index contributed by atoms with van der Waals surface area (Å²) in [6, 6.07) is -0.0538. The summed E-state index contributed by atoms with van der Waals surface area (Å²) in [5, 5.41) is 4.10. The van der Waals surface area contributed by atoms with E-state index in [4.69, 9.17) is 4.74 Å². The lowest BCUT2D eigenvalue weighted by molar-refractivity contribution is 0.0530. The number of rotatable bonds is 7. The number of hydrogen-bond acceptors (Lipinski definition) is 2. The Bertz CT molecular complexity index is 204. The number of unbranched alkanes of at least 4 members (excludes halogenated alkanes) is 5. The predicted octanol–water partition coefficient (Wildman–Crippen LogP) is 2.40. The summed E-state index contributed by atoms with van der Waals surface area (Å²) in [6.45, 7) is 5.59. The third kappa shape index (κ3) is 6.51. The molecule has 1 rings (SSSR count). The minimum absolute atomic E-state index is 0.0538. The molecule has 4 heteroatoms. The van der Waals surface area contributed by atoms with E-state index in [0.717, 1.165) is 6.42 Å². The van der Waals surface area contributed by atoms with Gasteiger partial charge in [0.15, 0.2) is 0 Å². The van der Waals surface area contributed by atoms with Crippen molar-refractivity contribution in [2.75, 3.05) is 32.8 Å². The lowest BCUT2D eigenvalue weighted by Crippen LogP contribution is -2.43. The Labute approximate surface area is 105 Å². The van der Waals surface area contributed by atoms with E-state index in [0.29, 0.717) is 32.8 Å². The average Bonchev–Trinajstić information content (AvgIpc) is 2.38. The molecule has 0 aromatic rings. The van der Waals surface area contributed by atoms with E-state index in [2.05, 4.69) is 12.2 Å². The first-order valence-electron chi connectivity index (χ1n) is 6.88. The van der Waals surface area contributed by atoms with Crippen LogP contribution in [0.1, 0.15) is 45.4 Å². The van der Waals surface area contributed by atoms with E-state index in [1.165, 1.54) is 32.1 Å². The van der Waals surface area contributed by atoms with E-state index in [9.17, 15) is 4.79 Å². The van der Waals surface area contributed by atoms with E-state index in [-0.39, 0.29) is 6.03 Å². The number of amides is 2. The van der Waals surface area contributed by atoms with Crippen molar-refractivity contribution >= 4 is 6.03 Å². The molecule has 0 aromatic heterocycles. The summed E-state index contributed by atoms with van der Waals surface area (Å²) in [4.78, 5) is 13.4. The maximum atomic E-state index is 11.6. The van der Waals surface area contributed by atoms with Crippen LogP contribution in [-0.4, -0.2) is 43.8 Å². The second-order valence-electron chi connectivity index (χ2n) is 4.53. The zero-order chi connectivity index (χ0) is 12.3. The fourth-order valence-corrected chi connectivity index (χ4v) is 1.92. The molecule has 0 spiro atoms. The first-order valence-corrected chi connectivity index (χ1v) is 6.88. The highest BCUT2D eigenvalue weighted by molar-refractivity contribution is 5.73. The van der Waals surface area contributed by atoms with E-state index < -0.39 is 0 Å². The van der Waals surface area contributed by atoms with Crippen LogP contribution in [0, 0.1) is 0 Å². The van der Waals surface area contributed by atoms with Crippen molar-refractivity contribution in [3.05, 3.63) is 0 Å². The molecule has 99 valence electrons. The van der Waals surface area contributed by atoms with Gasteiger partial charge in [0.1, 0.15) is 0 Å². The largest absolute Gasteiger partial charge is 0.378 e. The Morgan fingerprint density at radius 3 is 2.47 bits per heavy atom. The number of urea groups is 1. The highest BCUT2D eigenvalue weighted by atomic mass is 16.5. The van der Waals surface area contributed by atoms with Gasteiger partial charge in [-0.05, 0) is 6.42 Å². The molecule has 0 bridgehead atoms. The van der Waals surface area contributed by atoms with Gasteiger partial charge in [0.2, 0.25) is 0 Å². The van der Waals surface area contributed by atoms with Crippen LogP contribution in [-0.2, 0) is 4.74 Å². The maximum Gasteiger partial charge on any atom is 0.339 e. The molecule has 1 heterocycles. The highest BCUT2D eigenvalue weighted by Gasteiger charge is 2.16. The van der Waals surface area contributed by atoms with Crippen LogP contribution in [0.15, 0.2) is 0 Å². The number of ether oxygens (including phenoxy) is 1. The highest BCUT2D eigenvalue weighted by Crippen LogP contribution is 2.04. The number of nitrogens with zero attached hydrogens (tertiary/aromatic N) is 2. The summed E-state index contributed by atoms with van der Waals surface area (Å²) in [5.41, 5.74) is 0. The number of carbonyl (C=O) groups is 1. The first-order chi connectivity index (χ1) is 8.34. The molecule has 0 saturated carbocycles. The van der Waals surface area contributed by atoms with Gasteiger partial charge < -0.3 is 9.64 Å². The number of hydrogen-bond donors (Lipinski definition) is 0. The molecule has 17 heavy (non-hydrogen) atoms. The van der Waals surface area contributed by atoms with Crippen molar-refractivity contribution in [3.63, 3.8) is 0 Å². The molecule has 2 amide bonds. The Hall–Kier alpha value is -0.770. The molecule has 0 aliphatic carbocycles. The standard InChI is InChI=1S/C13H25N2O2/c1-2-3-4-5-6-7-8-14-13(16)15-9-11-17-12-10-15/h2-12H2,1H3. The van der Waals surface area contributed by atoms with Crippen LogP contribution in [0.5, 0.6) is 0 Å². The Morgan fingerprint density at radius 2 is 1.76 bits per heavy atom. The van der Waals surface area contributed by atoms with Gasteiger partial charge in [-0.25, -0.2) is 10.1 Å². The van der Waals surface area contributed by atoms with Crippen molar-refractivity contribution < 1.29 is 9.53 Å². The molecule has 1 aliphatic rings. The normalized spacial score (nSPS) is 15.9. The van der Waals surface area contributed by atoms with Crippen LogP contribution in [0.4, 0.5) is 4.79 Å². The smallest absolute Gasteiger partial charge is 0.339 e. The molecule has 1 aliphatic heterocycles. The predicted molar refractivity (Wildman–Crippen MR) is 68.2 cm³/mol. The average molecular weight is 241 g/mol. The van der Waals surface area contributed by atoms with Crippen molar-refractivity contribution in [3.8, 4) is 0 Å². The van der Waals surface area contributed by atoms with Crippen LogP contribution in [0.25, 0.3) is 0 Å². The van der Waals surface area contributed by atoms with Crippen LogP contribution < -0.4 is 5.32 Å². The second-order valence-corrected chi connectivity index (χ2v) is 4.53. The Kier molecular flexibility index (Phi) is 7.80. The fraction of sp³-hybridized carbons (Fsp3) is 0.923. The lowest BCUT2D eigenvalue weighted by atomic mass is 10.1. The van der Waals surface area contributed by atoms with Gasteiger partial charge in [-0.3, -0.25) is 0 Å². The third-order valence-electron chi connectivity index (χ3n) is 3.04. The monoisotopic (exact) mass is 241 g/mol. The van der Waals surface area contributed by atoms with E-state index >= 15 is 0 Å².